The number of para-hydroxylation sites is 1. The maximum atomic E-state index is 11.1. The molecule has 1 amide bonds. The number of carbonyl (C=O) groups is 1. The molecule has 0 saturated carbocycles. The van der Waals surface area contributed by atoms with Gasteiger partial charge in [0.15, 0.2) is 5.96 Å². The molecular formula is C19H25IN4O2. The number of nitrogens with one attached hydrogen (secondary N) is 1. The quantitative estimate of drug-likeness (QED) is 0.388. The van der Waals surface area contributed by atoms with E-state index in [4.69, 9.17) is 10.5 Å². The average Bonchev–Trinajstić information content (AvgIpc) is 2.63. The minimum atomic E-state index is -0.424. The molecule has 0 aromatic heterocycles. The maximum absolute atomic E-state index is 11.1. The van der Waals surface area contributed by atoms with Crippen LogP contribution in [-0.4, -0.2) is 38.0 Å². The highest BCUT2D eigenvalue weighted by Crippen LogP contribution is 2.18. The lowest BCUT2D eigenvalue weighted by Gasteiger charge is -2.23. The molecule has 0 radical (unpaired) electrons. The Bertz CT molecular complexity index is 747. The summed E-state index contributed by atoms with van der Waals surface area (Å²) in [5.74, 6) is 1.20. The van der Waals surface area contributed by atoms with Gasteiger partial charge in [0.2, 0.25) is 5.91 Å². The Morgan fingerprint density at radius 2 is 1.85 bits per heavy atom. The number of carbonyl (C=O) groups excluding carboxylic acids is 1. The molecule has 2 aromatic rings. The van der Waals surface area contributed by atoms with Crippen LogP contribution in [0.3, 0.4) is 0 Å². The van der Waals surface area contributed by atoms with Crippen molar-refractivity contribution in [2.45, 2.75) is 13.1 Å². The summed E-state index contributed by atoms with van der Waals surface area (Å²) in [7, 11) is 5.39. The predicted molar refractivity (Wildman–Crippen MR) is 115 cm³/mol. The first-order valence-electron chi connectivity index (χ1n) is 7.97. The van der Waals surface area contributed by atoms with Crippen LogP contribution in [0, 0.1) is 0 Å². The summed E-state index contributed by atoms with van der Waals surface area (Å²) in [4.78, 5) is 17.5. The van der Waals surface area contributed by atoms with E-state index in [9.17, 15) is 4.79 Å². The number of methoxy groups -OCH3 is 1. The first kappa shape index (κ1) is 21.8. The second-order valence-electron chi connectivity index (χ2n) is 5.63. The van der Waals surface area contributed by atoms with Gasteiger partial charge in [-0.2, -0.15) is 0 Å². The van der Waals surface area contributed by atoms with E-state index >= 15 is 0 Å². The molecule has 0 atom stereocenters. The highest BCUT2D eigenvalue weighted by Gasteiger charge is 2.10. The summed E-state index contributed by atoms with van der Waals surface area (Å²) in [6.45, 7) is 1.27. The van der Waals surface area contributed by atoms with Gasteiger partial charge in [0.25, 0.3) is 0 Å². The van der Waals surface area contributed by atoms with Crippen LogP contribution in [0.25, 0.3) is 0 Å². The molecular weight excluding hydrogens is 443 g/mol. The number of ether oxygens (including phenoxy) is 1. The highest BCUT2D eigenvalue weighted by atomic mass is 127. The lowest BCUT2D eigenvalue weighted by Crippen LogP contribution is -2.38. The largest absolute Gasteiger partial charge is 0.496 e. The van der Waals surface area contributed by atoms with Crippen molar-refractivity contribution in [3.05, 3.63) is 65.2 Å². The normalized spacial score (nSPS) is 10.7. The van der Waals surface area contributed by atoms with Gasteiger partial charge in [-0.05, 0) is 23.8 Å². The SMILES string of the molecule is CN=C(NCc1ccc(C(N)=O)cc1)N(C)Cc1ccccc1OC.I. The Morgan fingerprint density at radius 3 is 2.42 bits per heavy atom. The third-order valence-electron chi connectivity index (χ3n) is 3.86. The molecule has 0 saturated heterocycles. The number of rotatable bonds is 6. The minimum absolute atomic E-state index is 0. The summed E-state index contributed by atoms with van der Waals surface area (Å²) in [5.41, 5.74) is 7.88. The van der Waals surface area contributed by atoms with Crippen molar-refractivity contribution in [3.63, 3.8) is 0 Å². The fourth-order valence-electron chi connectivity index (χ4n) is 2.52. The fourth-order valence-corrected chi connectivity index (χ4v) is 2.52. The lowest BCUT2D eigenvalue weighted by atomic mass is 10.1. The standard InChI is InChI=1S/C19H24N4O2.HI/c1-21-19(22-12-14-8-10-15(11-9-14)18(20)24)23(2)13-16-6-4-5-7-17(16)25-3;/h4-11H,12-13H2,1-3H3,(H2,20,24)(H,21,22);1H. The third kappa shape index (κ3) is 5.91. The smallest absolute Gasteiger partial charge is 0.248 e. The maximum Gasteiger partial charge on any atom is 0.248 e. The number of primary amides is 1. The molecule has 2 rings (SSSR count). The fraction of sp³-hybridized carbons (Fsp3) is 0.263. The summed E-state index contributed by atoms with van der Waals surface area (Å²) >= 11 is 0. The first-order valence-corrected chi connectivity index (χ1v) is 7.97. The van der Waals surface area contributed by atoms with Crippen LogP contribution < -0.4 is 15.8 Å². The zero-order valence-corrected chi connectivity index (χ0v) is 17.6. The molecule has 0 unspecified atom stereocenters. The number of nitrogens with zero attached hydrogens (tertiary/aromatic N) is 2. The van der Waals surface area contributed by atoms with Crippen LogP contribution in [0.4, 0.5) is 0 Å². The molecule has 0 aliphatic carbocycles. The number of hydrogen-bond acceptors (Lipinski definition) is 3. The summed E-state index contributed by atoms with van der Waals surface area (Å²) < 4.78 is 5.39. The Hall–Kier alpha value is -2.29. The lowest BCUT2D eigenvalue weighted by molar-refractivity contribution is 0.100. The van der Waals surface area contributed by atoms with E-state index in [2.05, 4.69) is 10.3 Å². The van der Waals surface area contributed by atoms with Crippen LogP contribution in [0.15, 0.2) is 53.5 Å². The Kier molecular flexibility index (Phi) is 8.91. The molecule has 2 aromatic carbocycles. The van der Waals surface area contributed by atoms with E-state index in [0.717, 1.165) is 22.8 Å². The van der Waals surface area contributed by atoms with Crippen molar-refractivity contribution in [2.75, 3.05) is 21.2 Å². The molecule has 6 nitrogen and oxygen atoms in total. The van der Waals surface area contributed by atoms with Crippen LogP contribution in [0.1, 0.15) is 21.5 Å². The van der Waals surface area contributed by atoms with E-state index in [1.54, 1.807) is 26.3 Å². The number of hydrogen-bond donors (Lipinski definition) is 2. The van der Waals surface area contributed by atoms with Gasteiger partial charge in [0, 0.05) is 38.3 Å². The van der Waals surface area contributed by atoms with E-state index in [1.807, 2.05) is 48.3 Å². The van der Waals surface area contributed by atoms with Crippen LogP contribution >= 0.6 is 24.0 Å². The molecule has 0 spiro atoms. The van der Waals surface area contributed by atoms with Gasteiger partial charge in [-0.25, -0.2) is 0 Å². The number of guanidine groups is 1. The minimum Gasteiger partial charge on any atom is -0.496 e. The van der Waals surface area contributed by atoms with Crippen molar-refractivity contribution in [1.29, 1.82) is 0 Å². The summed E-state index contributed by atoms with van der Waals surface area (Å²) in [6.07, 6.45) is 0. The van der Waals surface area contributed by atoms with Gasteiger partial charge in [-0.3, -0.25) is 9.79 Å². The number of nitrogens with two attached hydrogens (primary N) is 1. The zero-order valence-electron chi connectivity index (χ0n) is 15.2. The van der Waals surface area contributed by atoms with Gasteiger partial charge in [0.05, 0.1) is 7.11 Å². The van der Waals surface area contributed by atoms with Crippen molar-refractivity contribution >= 4 is 35.8 Å². The second kappa shape index (κ2) is 10.6. The molecule has 0 aliphatic heterocycles. The van der Waals surface area contributed by atoms with Crippen molar-refractivity contribution in [1.82, 2.24) is 10.2 Å². The molecule has 7 heteroatoms. The number of halogens is 1. The van der Waals surface area contributed by atoms with Crippen molar-refractivity contribution < 1.29 is 9.53 Å². The van der Waals surface area contributed by atoms with E-state index in [0.29, 0.717) is 18.7 Å². The molecule has 3 N–H and O–H groups in total. The molecule has 0 aliphatic rings. The van der Waals surface area contributed by atoms with Crippen molar-refractivity contribution in [2.24, 2.45) is 10.7 Å². The first-order chi connectivity index (χ1) is 12.0. The van der Waals surface area contributed by atoms with Crippen LogP contribution in [0.5, 0.6) is 5.75 Å². The molecule has 0 fully saturated rings. The Labute approximate surface area is 171 Å². The van der Waals surface area contributed by atoms with Gasteiger partial charge in [-0.15, -0.1) is 24.0 Å². The molecule has 0 bridgehead atoms. The summed E-state index contributed by atoms with van der Waals surface area (Å²) in [5, 5.41) is 3.31. The average molecular weight is 468 g/mol. The molecule has 140 valence electrons. The van der Waals surface area contributed by atoms with E-state index in [-0.39, 0.29) is 24.0 Å². The third-order valence-corrected chi connectivity index (χ3v) is 3.86. The van der Waals surface area contributed by atoms with Gasteiger partial charge < -0.3 is 20.7 Å². The Morgan fingerprint density at radius 1 is 1.19 bits per heavy atom. The molecule has 26 heavy (non-hydrogen) atoms. The monoisotopic (exact) mass is 468 g/mol. The van der Waals surface area contributed by atoms with Gasteiger partial charge in [0.1, 0.15) is 5.75 Å². The zero-order chi connectivity index (χ0) is 18.2. The second-order valence-corrected chi connectivity index (χ2v) is 5.63. The topological polar surface area (TPSA) is 79.9 Å². The Balaban J connectivity index is 0.00000338. The van der Waals surface area contributed by atoms with Crippen LogP contribution in [-0.2, 0) is 13.1 Å². The van der Waals surface area contributed by atoms with Crippen LogP contribution in [0.2, 0.25) is 0 Å². The molecule has 0 heterocycles. The van der Waals surface area contributed by atoms with Gasteiger partial charge >= 0.3 is 0 Å². The van der Waals surface area contributed by atoms with Crippen molar-refractivity contribution in [3.8, 4) is 5.75 Å². The number of amides is 1. The highest BCUT2D eigenvalue weighted by molar-refractivity contribution is 14.0. The predicted octanol–water partition coefficient (Wildman–Crippen LogP) is 2.62. The number of benzene rings is 2. The summed E-state index contributed by atoms with van der Waals surface area (Å²) in [6, 6.07) is 15.1. The van der Waals surface area contributed by atoms with E-state index in [1.165, 1.54) is 0 Å². The number of aliphatic imine (C=N–C) groups is 1. The van der Waals surface area contributed by atoms with E-state index < -0.39 is 5.91 Å². The van der Waals surface area contributed by atoms with Gasteiger partial charge in [-0.1, -0.05) is 30.3 Å².